The van der Waals surface area contributed by atoms with Crippen molar-refractivity contribution in [3.05, 3.63) is 59.7 Å². The van der Waals surface area contributed by atoms with Gasteiger partial charge in [0.15, 0.2) is 0 Å². The van der Waals surface area contributed by atoms with Gasteiger partial charge < -0.3 is 5.11 Å². The van der Waals surface area contributed by atoms with E-state index in [9.17, 15) is 4.79 Å². The molecule has 1 aliphatic carbocycles. The number of carbonyl (C=O) groups is 1. The average Bonchev–Trinajstić information content (AvgIpc) is 2.35. The molecule has 90 valence electrons. The molecule has 1 aliphatic rings. The Morgan fingerprint density at radius 2 is 1.76 bits per heavy atom. The molecule has 0 fully saturated rings. The van der Waals surface area contributed by atoms with Gasteiger partial charge in [0.2, 0.25) is 0 Å². The maximum absolute atomic E-state index is 10.3. The Kier molecular flexibility index (Phi) is 5.80. The number of rotatable bonds is 2. The monoisotopic (exact) mass is 230 g/mol. The summed E-state index contributed by atoms with van der Waals surface area (Å²) in [7, 11) is 0. The van der Waals surface area contributed by atoms with Crippen LogP contribution in [0.25, 0.3) is 0 Å². The fourth-order valence-electron chi connectivity index (χ4n) is 1.51. The lowest BCUT2D eigenvalue weighted by Gasteiger charge is -1.99. The molecule has 0 atom stereocenters. The molecule has 2 heteroatoms. The van der Waals surface area contributed by atoms with Gasteiger partial charge in [-0.15, -0.1) is 0 Å². The second kappa shape index (κ2) is 7.44. The standard InChI is InChI=1S/C9H10O2.C6H8/c1-7-4-2-3-5-8(7)6-9(10)11;1-2-4-6-5-3-1/h2-5H,6H2,1H3,(H,10,11);1-4H,5-6H2. The van der Waals surface area contributed by atoms with E-state index in [4.69, 9.17) is 5.11 Å². The van der Waals surface area contributed by atoms with Crippen LogP contribution in [-0.2, 0) is 11.2 Å². The van der Waals surface area contributed by atoms with Crippen molar-refractivity contribution in [1.82, 2.24) is 0 Å². The second-order valence-corrected chi connectivity index (χ2v) is 3.93. The fourth-order valence-corrected chi connectivity index (χ4v) is 1.51. The number of allylic oxidation sites excluding steroid dienone is 4. The molecule has 1 aromatic rings. The number of aryl methyl sites for hydroxylation is 1. The Morgan fingerprint density at radius 1 is 1.18 bits per heavy atom. The molecule has 0 spiro atoms. The highest BCUT2D eigenvalue weighted by atomic mass is 16.4. The van der Waals surface area contributed by atoms with Crippen molar-refractivity contribution >= 4 is 5.97 Å². The third-order valence-electron chi connectivity index (χ3n) is 2.49. The summed E-state index contributed by atoms with van der Waals surface area (Å²) >= 11 is 0. The van der Waals surface area contributed by atoms with E-state index in [0.717, 1.165) is 11.1 Å². The van der Waals surface area contributed by atoms with Crippen LogP contribution in [0.4, 0.5) is 0 Å². The number of carboxylic acids is 1. The van der Waals surface area contributed by atoms with Crippen molar-refractivity contribution in [3.63, 3.8) is 0 Å². The van der Waals surface area contributed by atoms with E-state index in [1.807, 2.05) is 31.2 Å². The largest absolute Gasteiger partial charge is 0.481 e. The highest BCUT2D eigenvalue weighted by Crippen LogP contribution is 2.06. The van der Waals surface area contributed by atoms with Crippen LogP contribution in [0.15, 0.2) is 48.6 Å². The zero-order chi connectivity index (χ0) is 12.5. The van der Waals surface area contributed by atoms with Crippen LogP contribution in [0.2, 0.25) is 0 Å². The van der Waals surface area contributed by atoms with Crippen LogP contribution in [0, 0.1) is 6.92 Å². The second-order valence-electron chi connectivity index (χ2n) is 3.93. The summed E-state index contributed by atoms with van der Waals surface area (Å²) in [4.78, 5) is 10.3. The molecule has 1 aromatic carbocycles. The Balaban J connectivity index is 0.000000202. The first-order valence-electron chi connectivity index (χ1n) is 5.78. The van der Waals surface area contributed by atoms with Gasteiger partial charge in [0, 0.05) is 0 Å². The van der Waals surface area contributed by atoms with Crippen molar-refractivity contribution in [2.45, 2.75) is 26.2 Å². The van der Waals surface area contributed by atoms with Crippen LogP contribution in [0.5, 0.6) is 0 Å². The molecule has 0 amide bonds. The van der Waals surface area contributed by atoms with Crippen LogP contribution < -0.4 is 0 Å². The topological polar surface area (TPSA) is 37.3 Å². The molecule has 2 rings (SSSR count). The van der Waals surface area contributed by atoms with E-state index in [1.165, 1.54) is 12.8 Å². The smallest absolute Gasteiger partial charge is 0.307 e. The van der Waals surface area contributed by atoms with Crippen molar-refractivity contribution in [2.75, 3.05) is 0 Å². The maximum atomic E-state index is 10.3. The quantitative estimate of drug-likeness (QED) is 0.844. The van der Waals surface area contributed by atoms with E-state index >= 15 is 0 Å². The molecule has 1 N–H and O–H groups in total. The zero-order valence-electron chi connectivity index (χ0n) is 10.1. The first-order chi connectivity index (χ1) is 8.20. The third kappa shape index (κ3) is 5.71. The summed E-state index contributed by atoms with van der Waals surface area (Å²) in [5.41, 5.74) is 1.93. The normalized spacial score (nSPS) is 12.8. The van der Waals surface area contributed by atoms with Gasteiger partial charge in [0.25, 0.3) is 0 Å². The maximum Gasteiger partial charge on any atom is 0.307 e. The minimum atomic E-state index is -0.778. The van der Waals surface area contributed by atoms with E-state index in [1.54, 1.807) is 0 Å². The third-order valence-corrected chi connectivity index (χ3v) is 2.49. The SMILES string of the molecule is C1=CCCC=C1.Cc1ccccc1CC(=O)O. The summed E-state index contributed by atoms with van der Waals surface area (Å²) in [6.45, 7) is 1.91. The van der Waals surface area contributed by atoms with Crippen molar-refractivity contribution < 1.29 is 9.90 Å². The Hall–Kier alpha value is -1.83. The summed E-state index contributed by atoms with van der Waals surface area (Å²) in [6, 6.07) is 7.51. The molecule has 0 aliphatic heterocycles. The summed E-state index contributed by atoms with van der Waals surface area (Å²) < 4.78 is 0. The number of hydrogen-bond donors (Lipinski definition) is 1. The molecule has 0 aromatic heterocycles. The van der Waals surface area contributed by atoms with Crippen molar-refractivity contribution in [1.29, 1.82) is 0 Å². The summed E-state index contributed by atoms with van der Waals surface area (Å²) in [5, 5.41) is 8.49. The first kappa shape index (κ1) is 13.2. The first-order valence-corrected chi connectivity index (χ1v) is 5.78. The fraction of sp³-hybridized carbons (Fsp3) is 0.267. The highest BCUT2D eigenvalue weighted by Gasteiger charge is 2.01. The van der Waals surface area contributed by atoms with Gasteiger partial charge >= 0.3 is 5.97 Å². The molecule has 0 radical (unpaired) electrons. The number of carboxylic acid groups (broad SMARTS) is 1. The molecular formula is C15H18O2. The lowest BCUT2D eigenvalue weighted by molar-refractivity contribution is -0.136. The molecule has 2 nitrogen and oxygen atoms in total. The Morgan fingerprint density at radius 3 is 2.18 bits per heavy atom. The highest BCUT2D eigenvalue weighted by molar-refractivity contribution is 5.70. The Bertz CT molecular complexity index is 405. The van der Waals surface area contributed by atoms with Crippen LogP contribution in [-0.4, -0.2) is 11.1 Å². The Labute approximate surface area is 102 Å². The van der Waals surface area contributed by atoms with Gasteiger partial charge in [-0.3, -0.25) is 4.79 Å². The van der Waals surface area contributed by atoms with Gasteiger partial charge in [0.05, 0.1) is 6.42 Å². The molecule has 0 unspecified atom stereocenters. The lowest BCUT2D eigenvalue weighted by atomic mass is 10.1. The zero-order valence-corrected chi connectivity index (χ0v) is 10.1. The van der Waals surface area contributed by atoms with E-state index in [-0.39, 0.29) is 6.42 Å². The van der Waals surface area contributed by atoms with Crippen LogP contribution >= 0.6 is 0 Å². The molecular weight excluding hydrogens is 212 g/mol. The molecule has 0 bridgehead atoms. The molecule has 17 heavy (non-hydrogen) atoms. The number of aliphatic carboxylic acids is 1. The molecule has 0 saturated heterocycles. The van der Waals surface area contributed by atoms with Crippen LogP contribution in [0.3, 0.4) is 0 Å². The minimum Gasteiger partial charge on any atom is -0.481 e. The summed E-state index contributed by atoms with van der Waals surface area (Å²) in [5.74, 6) is -0.778. The average molecular weight is 230 g/mol. The van der Waals surface area contributed by atoms with Crippen molar-refractivity contribution in [3.8, 4) is 0 Å². The number of benzene rings is 1. The number of hydrogen-bond acceptors (Lipinski definition) is 1. The predicted octanol–water partition coefficient (Wildman–Crippen LogP) is 3.51. The molecule has 0 saturated carbocycles. The van der Waals surface area contributed by atoms with Gasteiger partial charge in [-0.05, 0) is 30.9 Å². The predicted molar refractivity (Wildman–Crippen MR) is 70.0 cm³/mol. The minimum absolute atomic E-state index is 0.118. The molecule has 0 heterocycles. The van der Waals surface area contributed by atoms with Crippen molar-refractivity contribution in [2.24, 2.45) is 0 Å². The lowest BCUT2D eigenvalue weighted by Crippen LogP contribution is -2.01. The summed E-state index contributed by atoms with van der Waals surface area (Å²) in [6.07, 6.45) is 11.1. The van der Waals surface area contributed by atoms with Crippen LogP contribution in [0.1, 0.15) is 24.0 Å². The van der Waals surface area contributed by atoms with Gasteiger partial charge in [-0.1, -0.05) is 48.6 Å². The van der Waals surface area contributed by atoms with Gasteiger partial charge in [0.1, 0.15) is 0 Å². The van der Waals surface area contributed by atoms with E-state index in [0.29, 0.717) is 0 Å². The van der Waals surface area contributed by atoms with E-state index in [2.05, 4.69) is 24.3 Å². The van der Waals surface area contributed by atoms with Gasteiger partial charge in [-0.25, -0.2) is 0 Å². The van der Waals surface area contributed by atoms with Gasteiger partial charge in [-0.2, -0.15) is 0 Å². The van der Waals surface area contributed by atoms with E-state index < -0.39 is 5.97 Å².